The van der Waals surface area contributed by atoms with Crippen LogP contribution in [0.4, 0.5) is 4.39 Å². The molecule has 1 atom stereocenters. The summed E-state index contributed by atoms with van der Waals surface area (Å²) in [7, 11) is 1.57. The number of methoxy groups -OCH3 is 1. The van der Waals surface area contributed by atoms with Crippen LogP contribution in [0, 0.1) is 12.7 Å². The van der Waals surface area contributed by atoms with Crippen LogP contribution in [0.2, 0.25) is 0 Å². The molecule has 1 rings (SSSR count). The number of halogens is 1. The van der Waals surface area contributed by atoms with Gasteiger partial charge in [0.2, 0.25) is 0 Å². The lowest BCUT2D eigenvalue weighted by Crippen LogP contribution is -2.02. The third-order valence-corrected chi connectivity index (χ3v) is 2.04. The number of benzene rings is 1. The van der Waals surface area contributed by atoms with E-state index in [0.717, 1.165) is 5.56 Å². The van der Waals surface area contributed by atoms with Crippen molar-refractivity contribution in [2.24, 2.45) is 0 Å². The van der Waals surface area contributed by atoms with Gasteiger partial charge in [0.05, 0.1) is 6.10 Å². The summed E-state index contributed by atoms with van der Waals surface area (Å²) in [6.45, 7) is 2.27. The number of aryl methyl sites for hydroxylation is 1. The minimum Gasteiger partial charge on any atom is -0.388 e. The van der Waals surface area contributed by atoms with E-state index in [1.165, 1.54) is 12.1 Å². The Morgan fingerprint density at radius 3 is 2.71 bits per heavy atom. The molecule has 0 saturated heterocycles. The van der Waals surface area contributed by atoms with E-state index >= 15 is 0 Å². The van der Waals surface area contributed by atoms with Gasteiger partial charge in [-0.25, -0.2) is 4.39 Å². The van der Waals surface area contributed by atoms with E-state index in [1.54, 1.807) is 20.1 Å². The molecule has 0 amide bonds. The van der Waals surface area contributed by atoms with Crippen molar-refractivity contribution in [1.29, 1.82) is 0 Å². The maximum atomic E-state index is 13.0. The summed E-state index contributed by atoms with van der Waals surface area (Å²) < 4.78 is 17.8. The second-order valence-electron chi connectivity index (χ2n) is 3.36. The molecule has 0 fully saturated rings. The lowest BCUT2D eigenvalue weighted by molar-refractivity contribution is 0.110. The monoisotopic (exact) mass is 198 g/mol. The topological polar surface area (TPSA) is 29.5 Å². The zero-order valence-corrected chi connectivity index (χ0v) is 8.46. The molecule has 1 N–H and O–H groups in total. The van der Waals surface area contributed by atoms with Gasteiger partial charge >= 0.3 is 0 Å². The minimum absolute atomic E-state index is 0.309. The second kappa shape index (κ2) is 5.08. The maximum absolute atomic E-state index is 13.0. The van der Waals surface area contributed by atoms with Crippen molar-refractivity contribution in [2.45, 2.75) is 19.4 Å². The van der Waals surface area contributed by atoms with Gasteiger partial charge in [-0.1, -0.05) is 6.07 Å². The highest BCUT2D eigenvalue weighted by Gasteiger charge is 2.08. The number of ether oxygens (including phenoxy) is 1. The molecule has 78 valence electrons. The number of aliphatic hydroxyl groups is 1. The van der Waals surface area contributed by atoms with Crippen molar-refractivity contribution in [3.05, 3.63) is 35.1 Å². The van der Waals surface area contributed by atoms with Gasteiger partial charge in [0.1, 0.15) is 5.82 Å². The number of hydrogen-bond donors (Lipinski definition) is 1. The fraction of sp³-hybridized carbons (Fsp3) is 0.455. The highest BCUT2D eigenvalue weighted by atomic mass is 19.1. The summed E-state index contributed by atoms with van der Waals surface area (Å²) in [6, 6.07) is 4.57. The van der Waals surface area contributed by atoms with Crippen molar-refractivity contribution < 1.29 is 14.2 Å². The van der Waals surface area contributed by atoms with Crippen LogP contribution in [-0.2, 0) is 4.74 Å². The summed E-state index contributed by atoms with van der Waals surface area (Å²) in [5, 5.41) is 9.65. The van der Waals surface area contributed by atoms with E-state index in [9.17, 15) is 9.50 Å². The predicted molar refractivity (Wildman–Crippen MR) is 52.6 cm³/mol. The van der Waals surface area contributed by atoms with E-state index in [1.807, 2.05) is 0 Å². The number of aliphatic hydroxyl groups excluding tert-OH is 1. The summed E-state index contributed by atoms with van der Waals surface area (Å²) in [6.07, 6.45) is -0.163. The normalized spacial score (nSPS) is 12.9. The molecule has 1 aromatic carbocycles. The van der Waals surface area contributed by atoms with Gasteiger partial charge in [-0.15, -0.1) is 0 Å². The molecule has 0 aliphatic heterocycles. The second-order valence-corrected chi connectivity index (χ2v) is 3.36. The third kappa shape index (κ3) is 3.09. The Labute approximate surface area is 83.3 Å². The first-order chi connectivity index (χ1) is 6.63. The van der Waals surface area contributed by atoms with Crippen molar-refractivity contribution in [2.75, 3.05) is 13.7 Å². The Hall–Kier alpha value is -0.930. The molecule has 0 bridgehead atoms. The Balaban J connectivity index is 2.73. The lowest BCUT2D eigenvalue weighted by atomic mass is 10.0. The molecule has 0 aliphatic carbocycles. The van der Waals surface area contributed by atoms with Crippen molar-refractivity contribution in [1.82, 2.24) is 0 Å². The third-order valence-electron chi connectivity index (χ3n) is 2.04. The molecule has 1 unspecified atom stereocenters. The molecule has 3 heteroatoms. The average molecular weight is 198 g/mol. The standard InChI is InChI=1S/C11H15FO2/c1-8-5-9(7-10(12)6-8)11(13)3-4-14-2/h5-7,11,13H,3-4H2,1-2H3. The van der Waals surface area contributed by atoms with E-state index < -0.39 is 6.10 Å². The zero-order chi connectivity index (χ0) is 10.6. The predicted octanol–water partition coefficient (Wildman–Crippen LogP) is 2.20. The van der Waals surface area contributed by atoms with E-state index in [0.29, 0.717) is 18.6 Å². The first-order valence-electron chi connectivity index (χ1n) is 4.57. The molecule has 2 nitrogen and oxygen atoms in total. The van der Waals surface area contributed by atoms with Crippen LogP contribution in [0.15, 0.2) is 18.2 Å². The van der Waals surface area contributed by atoms with E-state index in [4.69, 9.17) is 4.74 Å². The number of hydrogen-bond acceptors (Lipinski definition) is 2. The van der Waals surface area contributed by atoms with Crippen molar-refractivity contribution in [3.63, 3.8) is 0 Å². The Morgan fingerprint density at radius 2 is 2.14 bits per heavy atom. The van der Waals surface area contributed by atoms with Crippen LogP contribution in [-0.4, -0.2) is 18.8 Å². The molecular weight excluding hydrogens is 183 g/mol. The molecule has 0 saturated carbocycles. The minimum atomic E-state index is -0.649. The highest BCUT2D eigenvalue weighted by molar-refractivity contribution is 5.25. The highest BCUT2D eigenvalue weighted by Crippen LogP contribution is 2.19. The number of rotatable bonds is 4. The van der Waals surface area contributed by atoms with E-state index in [-0.39, 0.29) is 5.82 Å². The fourth-order valence-corrected chi connectivity index (χ4v) is 1.35. The Bertz CT molecular complexity index is 279. The van der Waals surface area contributed by atoms with Gasteiger partial charge in [-0.2, -0.15) is 0 Å². The largest absolute Gasteiger partial charge is 0.388 e. The molecule has 14 heavy (non-hydrogen) atoms. The molecule has 1 aromatic rings. The maximum Gasteiger partial charge on any atom is 0.123 e. The molecular formula is C11H15FO2. The summed E-state index contributed by atoms with van der Waals surface area (Å²) in [4.78, 5) is 0. The summed E-state index contributed by atoms with van der Waals surface area (Å²) >= 11 is 0. The molecule has 0 heterocycles. The Kier molecular flexibility index (Phi) is 4.04. The van der Waals surface area contributed by atoms with Gasteiger partial charge in [-0.3, -0.25) is 0 Å². The first kappa shape index (κ1) is 11.1. The van der Waals surface area contributed by atoms with Gasteiger partial charge in [-0.05, 0) is 30.2 Å². The molecule has 0 aromatic heterocycles. The van der Waals surface area contributed by atoms with Crippen LogP contribution >= 0.6 is 0 Å². The van der Waals surface area contributed by atoms with Crippen LogP contribution in [0.1, 0.15) is 23.7 Å². The van der Waals surface area contributed by atoms with Crippen molar-refractivity contribution in [3.8, 4) is 0 Å². The van der Waals surface area contributed by atoms with Crippen LogP contribution < -0.4 is 0 Å². The van der Waals surface area contributed by atoms with Gasteiger partial charge in [0.15, 0.2) is 0 Å². The molecule has 0 spiro atoms. The molecule has 0 aliphatic rings. The molecule has 0 radical (unpaired) electrons. The van der Waals surface area contributed by atoms with Crippen LogP contribution in [0.25, 0.3) is 0 Å². The van der Waals surface area contributed by atoms with Gasteiger partial charge in [0.25, 0.3) is 0 Å². The summed E-state index contributed by atoms with van der Waals surface area (Å²) in [5.41, 5.74) is 1.43. The van der Waals surface area contributed by atoms with Gasteiger partial charge < -0.3 is 9.84 Å². The first-order valence-corrected chi connectivity index (χ1v) is 4.57. The lowest BCUT2D eigenvalue weighted by Gasteiger charge is -2.11. The van der Waals surface area contributed by atoms with Crippen LogP contribution in [0.3, 0.4) is 0 Å². The fourth-order valence-electron chi connectivity index (χ4n) is 1.35. The smallest absolute Gasteiger partial charge is 0.123 e. The summed E-state index contributed by atoms with van der Waals surface area (Å²) in [5.74, 6) is -0.309. The zero-order valence-electron chi connectivity index (χ0n) is 8.46. The average Bonchev–Trinajstić information content (AvgIpc) is 2.12. The van der Waals surface area contributed by atoms with Gasteiger partial charge in [0, 0.05) is 20.1 Å². The van der Waals surface area contributed by atoms with Crippen LogP contribution in [0.5, 0.6) is 0 Å². The van der Waals surface area contributed by atoms with E-state index in [2.05, 4.69) is 0 Å². The SMILES string of the molecule is COCCC(O)c1cc(C)cc(F)c1. The Morgan fingerprint density at radius 1 is 1.43 bits per heavy atom. The quantitative estimate of drug-likeness (QED) is 0.803. The van der Waals surface area contributed by atoms with Crippen molar-refractivity contribution >= 4 is 0 Å².